The molecule has 0 aliphatic rings. The SMILES string of the molecule is N#CC(N=O)c1ccccc1COc1ccc(Br)cc1. The van der Waals surface area contributed by atoms with Crippen molar-refractivity contribution in [2.45, 2.75) is 12.6 Å². The minimum atomic E-state index is -1.00. The van der Waals surface area contributed by atoms with Crippen LogP contribution in [0, 0.1) is 16.2 Å². The summed E-state index contributed by atoms with van der Waals surface area (Å²) in [6, 6.07) is 15.5. The minimum absolute atomic E-state index is 0.283. The van der Waals surface area contributed by atoms with E-state index in [-0.39, 0.29) is 6.61 Å². The lowest BCUT2D eigenvalue weighted by molar-refractivity contribution is 0.304. The first kappa shape index (κ1) is 14.2. The first-order valence-electron chi connectivity index (χ1n) is 5.93. The van der Waals surface area contributed by atoms with Crippen LogP contribution in [0.3, 0.4) is 0 Å². The second-order valence-electron chi connectivity index (χ2n) is 4.08. The van der Waals surface area contributed by atoms with Gasteiger partial charge in [-0.05, 0) is 35.0 Å². The summed E-state index contributed by atoms with van der Waals surface area (Å²) in [4.78, 5) is 10.7. The second-order valence-corrected chi connectivity index (χ2v) is 4.99. The molecule has 2 rings (SSSR count). The van der Waals surface area contributed by atoms with E-state index in [2.05, 4.69) is 21.1 Å². The standard InChI is InChI=1S/C15H11BrN2O2/c16-12-5-7-13(8-6-12)20-10-11-3-1-2-4-14(11)15(9-17)18-19/h1-8,15H,10H2. The number of benzene rings is 2. The van der Waals surface area contributed by atoms with E-state index in [9.17, 15) is 4.91 Å². The molecule has 0 saturated heterocycles. The maximum atomic E-state index is 10.7. The molecule has 0 spiro atoms. The predicted molar refractivity (Wildman–Crippen MR) is 79.1 cm³/mol. The summed E-state index contributed by atoms with van der Waals surface area (Å²) >= 11 is 3.35. The summed E-state index contributed by atoms with van der Waals surface area (Å²) in [5, 5.41) is 11.8. The molecule has 0 amide bonds. The van der Waals surface area contributed by atoms with Crippen LogP contribution in [0.1, 0.15) is 17.2 Å². The van der Waals surface area contributed by atoms with Crippen molar-refractivity contribution in [3.63, 3.8) is 0 Å². The van der Waals surface area contributed by atoms with Crippen LogP contribution in [-0.4, -0.2) is 0 Å². The van der Waals surface area contributed by atoms with Crippen molar-refractivity contribution in [3.05, 3.63) is 69.0 Å². The van der Waals surface area contributed by atoms with Gasteiger partial charge in [0.05, 0.1) is 6.07 Å². The molecule has 1 atom stereocenters. The van der Waals surface area contributed by atoms with Gasteiger partial charge in [-0.15, -0.1) is 4.91 Å². The summed E-state index contributed by atoms with van der Waals surface area (Å²) in [5.41, 5.74) is 1.36. The van der Waals surface area contributed by atoms with Crippen LogP contribution in [0.25, 0.3) is 0 Å². The van der Waals surface area contributed by atoms with Crippen LogP contribution < -0.4 is 4.74 Å². The number of nitrogens with zero attached hydrogens (tertiary/aromatic N) is 2. The van der Waals surface area contributed by atoms with Crippen LogP contribution in [-0.2, 0) is 6.61 Å². The average molecular weight is 331 g/mol. The summed E-state index contributed by atoms with van der Waals surface area (Å²) in [6.45, 7) is 0.283. The maximum absolute atomic E-state index is 10.7. The summed E-state index contributed by atoms with van der Waals surface area (Å²) < 4.78 is 6.63. The third kappa shape index (κ3) is 3.43. The zero-order valence-corrected chi connectivity index (χ0v) is 12.1. The van der Waals surface area contributed by atoms with Crippen LogP contribution >= 0.6 is 15.9 Å². The van der Waals surface area contributed by atoms with E-state index >= 15 is 0 Å². The van der Waals surface area contributed by atoms with Crippen molar-refractivity contribution in [1.29, 1.82) is 5.26 Å². The number of ether oxygens (including phenoxy) is 1. The van der Waals surface area contributed by atoms with Crippen molar-refractivity contribution in [3.8, 4) is 11.8 Å². The highest BCUT2D eigenvalue weighted by molar-refractivity contribution is 9.10. The van der Waals surface area contributed by atoms with Gasteiger partial charge in [0.25, 0.3) is 0 Å². The Morgan fingerprint density at radius 1 is 1.20 bits per heavy atom. The molecule has 0 heterocycles. The lowest BCUT2D eigenvalue weighted by atomic mass is 10.0. The fourth-order valence-electron chi connectivity index (χ4n) is 1.77. The Morgan fingerprint density at radius 2 is 1.90 bits per heavy atom. The minimum Gasteiger partial charge on any atom is -0.489 e. The van der Waals surface area contributed by atoms with E-state index in [1.165, 1.54) is 0 Å². The van der Waals surface area contributed by atoms with Crippen molar-refractivity contribution in [1.82, 2.24) is 0 Å². The van der Waals surface area contributed by atoms with E-state index in [1.54, 1.807) is 12.1 Å². The number of nitroso groups, excluding NO2 is 1. The van der Waals surface area contributed by atoms with E-state index < -0.39 is 6.04 Å². The molecule has 0 radical (unpaired) electrons. The van der Waals surface area contributed by atoms with Crippen molar-refractivity contribution < 1.29 is 4.74 Å². The Hall–Kier alpha value is -2.19. The first-order valence-corrected chi connectivity index (χ1v) is 6.72. The van der Waals surface area contributed by atoms with Gasteiger partial charge in [-0.25, -0.2) is 0 Å². The van der Waals surface area contributed by atoms with Gasteiger partial charge in [-0.2, -0.15) is 5.26 Å². The molecule has 2 aromatic rings. The monoisotopic (exact) mass is 330 g/mol. The van der Waals surface area contributed by atoms with E-state index in [1.807, 2.05) is 42.5 Å². The topological polar surface area (TPSA) is 62.5 Å². The highest BCUT2D eigenvalue weighted by atomic mass is 79.9. The molecule has 0 fully saturated rings. The van der Waals surface area contributed by atoms with E-state index in [4.69, 9.17) is 10.00 Å². The number of nitriles is 1. The Morgan fingerprint density at radius 3 is 2.55 bits per heavy atom. The molecular formula is C15H11BrN2O2. The van der Waals surface area contributed by atoms with Gasteiger partial charge in [0.15, 0.2) is 0 Å². The predicted octanol–water partition coefficient (Wildman–Crippen LogP) is 4.36. The number of rotatable bonds is 5. The Balaban J connectivity index is 2.15. The molecule has 0 aromatic heterocycles. The highest BCUT2D eigenvalue weighted by Gasteiger charge is 2.14. The van der Waals surface area contributed by atoms with Crippen LogP contribution in [0.2, 0.25) is 0 Å². The molecular weight excluding hydrogens is 320 g/mol. The van der Waals surface area contributed by atoms with Crippen molar-refractivity contribution in [2.75, 3.05) is 0 Å². The quantitative estimate of drug-likeness (QED) is 0.765. The fourth-order valence-corrected chi connectivity index (χ4v) is 2.04. The van der Waals surface area contributed by atoms with Gasteiger partial charge in [-0.1, -0.05) is 40.2 Å². The number of hydrogen-bond acceptors (Lipinski definition) is 4. The summed E-state index contributed by atoms with van der Waals surface area (Å²) in [6.07, 6.45) is 0. The van der Waals surface area contributed by atoms with Crippen LogP contribution in [0.5, 0.6) is 5.75 Å². The Bertz CT molecular complexity index is 635. The summed E-state index contributed by atoms with van der Waals surface area (Å²) in [7, 11) is 0. The molecule has 0 bridgehead atoms. The van der Waals surface area contributed by atoms with E-state index in [0.717, 1.165) is 15.8 Å². The third-order valence-electron chi connectivity index (χ3n) is 2.79. The largest absolute Gasteiger partial charge is 0.489 e. The molecule has 4 nitrogen and oxygen atoms in total. The van der Waals surface area contributed by atoms with Gasteiger partial charge in [0.2, 0.25) is 6.04 Å². The molecule has 20 heavy (non-hydrogen) atoms. The molecule has 0 aliphatic carbocycles. The maximum Gasteiger partial charge on any atom is 0.203 e. The van der Waals surface area contributed by atoms with Gasteiger partial charge in [0.1, 0.15) is 12.4 Å². The molecule has 5 heteroatoms. The number of hydrogen-bond donors (Lipinski definition) is 0. The fraction of sp³-hybridized carbons (Fsp3) is 0.133. The Kier molecular flexibility index (Phi) is 4.85. The van der Waals surface area contributed by atoms with Crippen molar-refractivity contribution in [2.24, 2.45) is 5.18 Å². The number of halogens is 1. The van der Waals surface area contributed by atoms with Gasteiger partial charge >= 0.3 is 0 Å². The molecule has 0 aliphatic heterocycles. The first-order chi connectivity index (χ1) is 9.74. The van der Waals surface area contributed by atoms with Gasteiger partial charge in [0, 0.05) is 10.0 Å². The zero-order chi connectivity index (χ0) is 14.4. The highest BCUT2D eigenvalue weighted by Crippen LogP contribution is 2.23. The normalized spacial score (nSPS) is 11.4. The van der Waals surface area contributed by atoms with E-state index in [0.29, 0.717) is 5.56 Å². The summed E-state index contributed by atoms with van der Waals surface area (Å²) in [5.74, 6) is 0.718. The van der Waals surface area contributed by atoms with Crippen LogP contribution in [0.15, 0.2) is 58.2 Å². The Labute approximate surface area is 125 Å². The van der Waals surface area contributed by atoms with Crippen LogP contribution in [0.4, 0.5) is 0 Å². The third-order valence-corrected chi connectivity index (χ3v) is 3.31. The molecule has 100 valence electrons. The smallest absolute Gasteiger partial charge is 0.203 e. The van der Waals surface area contributed by atoms with Gasteiger partial charge in [-0.3, -0.25) is 0 Å². The molecule has 1 unspecified atom stereocenters. The second kappa shape index (κ2) is 6.83. The van der Waals surface area contributed by atoms with Gasteiger partial charge < -0.3 is 4.74 Å². The lowest BCUT2D eigenvalue weighted by Crippen LogP contribution is -2.02. The molecule has 0 saturated carbocycles. The average Bonchev–Trinajstić information content (AvgIpc) is 2.49. The molecule has 2 aromatic carbocycles. The molecule has 0 N–H and O–H groups in total. The zero-order valence-electron chi connectivity index (χ0n) is 10.5. The van der Waals surface area contributed by atoms with Crippen molar-refractivity contribution >= 4 is 15.9 Å². The lowest BCUT2D eigenvalue weighted by Gasteiger charge is -2.11.